The number of ether oxygens (including phenoxy) is 1. The van der Waals surface area contributed by atoms with E-state index in [1.807, 2.05) is 12.3 Å². The lowest BCUT2D eigenvalue weighted by Crippen LogP contribution is -2.32. The van der Waals surface area contributed by atoms with Gasteiger partial charge in [-0.15, -0.1) is 0 Å². The van der Waals surface area contributed by atoms with E-state index in [0.717, 1.165) is 84.8 Å². The van der Waals surface area contributed by atoms with Crippen LogP contribution in [-0.4, -0.2) is 14.1 Å². The number of fused-ring (bicyclic) bond motifs is 4. The first kappa shape index (κ1) is 46.4. The van der Waals surface area contributed by atoms with E-state index in [9.17, 15) is 0 Å². The molecule has 0 radical (unpaired) electrons. The van der Waals surface area contributed by atoms with Gasteiger partial charge in [0, 0.05) is 23.0 Å². The Bertz CT molecular complexity index is 3770. The number of aryl methyl sites for hydroxylation is 1. The van der Waals surface area contributed by atoms with Crippen molar-refractivity contribution in [3.63, 3.8) is 0 Å². The SMILES string of the molecule is Cc1cccc2c1[n+](-c1c(-c3ccccc3)cccc1-c1cc(C(C)(C)C)cc(C(C)(C)C)c1)[c-]n2-c1cccc(Oc2ccc3c4ccccc4n(-c4cc(CC(C)(C)c5ccccc5)ccn4)c3c2)c1. The summed E-state index contributed by atoms with van der Waals surface area (Å²) < 4.78 is 13.6. The van der Waals surface area contributed by atoms with E-state index in [4.69, 9.17) is 9.72 Å². The summed E-state index contributed by atoms with van der Waals surface area (Å²) in [5, 5.41) is 2.32. The van der Waals surface area contributed by atoms with Crippen LogP contribution in [0.1, 0.15) is 83.2 Å². The molecule has 0 unspecified atom stereocenters. The number of pyridine rings is 1. The van der Waals surface area contributed by atoms with Crippen molar-refractivity contribution in [2.24, 2.45) is 0 Å². The predicted octanol–water partition coefficient (Wildman–Crippen LogP) is 16.7. The van der Waals surface area contributed by atoms with E-state index >= 15 is 0 Å². The van der Waals surface area contributed by atoms with Gasteiger partial charge in [0.05, 0.1) is 33.4 Å². The predicted molar refractivity (Wildman–Crippen MR) is 298 cm³/mol. The maximum absolute atomic E-state index is 6.86. The topological polar surface area (TPSA) is 35.9 Å². The number of aromatic nitrogens is 4. The van der Waals surface area contributed by atoms with Gasteiger partial charge in [0.15, 0.2) is 0 Å². The summed E-state index contributed by atoms with van der Waals surface area (Å²) in [5.74, 6) is 2.35. The number of hydrogen-bond donors (Lipinski definition) is 0. The molecule has 5 nitrogen and oxygen atoms in total. The molecule has 0 amide bonds. The minimum absolute atomic E-state index is 0.0418. The fourth-order valence-corrected chi connectivity index (χ4v) is 10.5. The zero-order valence-electron chi connectivity index (χ0n) is 43.0. The van der Waals surface area contributed by atoms with Crippen LogP contribution in [-0.2, 0) is 22.7 Å². The molecule has 0 aliphatic heterocycles. The second-order valence-electron chi connectivity index (χ2n) is 22.2. The number of para-hydroxylation sites is 3. The van der Waals surface area contributed by atoms with E-state index in [-0.39, 0.29) is 16.2 Å². The Hall–Kier alpha value is -8.02. The van der Waals surface area contributed by atoms with Crippen LogP contribution in [0.5, 0.6) is 11.5 Å². The molecule has 8 aromatic carbocycles. The fourth-order valence-electron chi connectivity index (χ4n) is 10.5. The highest BCUT2D eigenvalue weighted by Gasteiger charge is 2.26. The first-order valence-electron chi connectivity index (χ1n) is 25.2. The molecular formula is C67H62N4O. The molecule has 0 saturated heterocycles. The van der Waals surface area contributed by atoms with Crippen LogP contribution in [0.25, 0.3) is 72.3 Å². The summed E-state index contributed by atoms with van der Waals surface area (Å²) in [6.07, 6.45) is 6.75. The Kier molecular flexibility index (Phi) is 11.6. The van der Waals surface area contributed by atoms with Gasteiger partial charge in [-0.3, -0.25) is 13.7 Å². The van der Waals surface area contributed by atoms with E-state index in [1.54, 1.807) is 0 Å². The highest BCUT2D eigenvalue weighted by molar-refractivity contribution is 6.09. The van der Waals surface area contributed by atoms with Gasteiger partial charge < -0.3 is 4.74 Å². The standard InChI is InChI=1S/C67H62N4O/c1-45-21-18-32-60-63(45)70(64-55(47-22-12-10-13-23-47)29-20-30-56(64)48-38-50(65(2,3)4)40-51(39-48)66(5,6)7)44-69(60)52-26-19-27-53(41-52)72-54-33-34-58-57-28-16-17-31-59(57)71(61(58)42-54)62-37-46(35-36-68-62)43-67(8,9)49-24-14-11-15-25-49/h10-42H,43H2,1-9H3. The molecule has 0 bridgehead atoms. The average molecular weight is 939 g/mol. The molecular weight excluding hydrogens is 877 g/mol. The summed E-state index contributed by atoms with van der Waals surface area (Å²) in [6, 6.07) is 69.7. The second kappa shape index (κ2) is 18.0. The largest absolute Gasteiger partial charge is 0.458 e. The third-order valence-electron chi connectivity index (χ3n) is 14.4. The average Bonchev–Trinajstić information content (AvgIpc) is 3.93. The van der Waals surface area contributed by atoms with Gasteiger partial charge in [0.1, 0.15) is 17.3 Å². The first-order valence-corrected chi connectivity index (χ1v) is 25.2. The van der Waals surface area contributed by atoms with Gasteiger partial charge in [-0.2, -0.15) is 0 Å². The molecule has 0 fully saturated rings. The Balaban J connectivity index is 1.02. The molecule has 11 rings (SSSR count). The van der Waals surface area contributed by atoms with Crippen molar-refractivity contribution < 1.29 is 9.30 Å². The lowest BCUT2D eigenvalue weighted by Gasteiger charge is -2.27. The molecule has 0 N–H and O–H groups in total. The minimum atomic E-state index is -0.0509. The van der Waals surface area contributed by atoms with Crippen molar-refractivity contribution in [1.82, 2.24) is 14.1 Å². The Morgan fingerprint density at radius 1 is 0.514 bits per heavy atom. The smallest absolute Gasteiger partial charge is 0.269 e. The van der Waals surface area contributed by atoms with Crippen molar-refractivity contribution in [2.75, 3.05) is 0 Å². The van der Waals surface area contributed by atoms with E-state index in [2.05, 4.69) is 270 Å². The number of nitrogens with zero attached hydrogens (tertiary/aromatic N) is 4. The van der Waals surface area contributed by atoms with Gasteiger partial charge in [0.2, 0.25) is 0 Å². The molecule has 0 aliphatic carbocycles. The molecule has 356 valence electrons. The number of rotatable bonds is 10. The fraction of sp³-hybridized carbons (Fsp3) is 0.194. The lowest BCUT2D eigenvalue weighted by molar-refractivity contribution is -0.571. The van der Waals surface area contributed by atoms with Gasteiger partial charge in [-0.1, -0.05) is 195 Å². The first-order chi connectivity index (χ1) is 34.6. The zero-order chi connectivity index (χ0) is 49.9. The molecule has 3 aromatic heterocycles. The van der Waals surface area contributed by atoms with E-state index < -0.39 is 0 Å². The highest BCUT2D eigenvalue weighted by atomic mass is 16.5. The lowest BCUT2D eigenvalue weighted by atomic mass is 9.78. The number of imidazole rings is 1. The van der Waals surface area contributed by atoms with Crippen molar-refractivity contribution in [3.8, 4) is 50.9 Å². The van der Waals surface area contributed by atoms with Gasteiger partial charge in [-0.05, 0) is 128 Å². The molecule has 0 spiro atoms. The molecule has 0 aliphatic rings. The highest BCUT2D eigenvalue weighted by Crippen LogP contribution is 2.40. The summed E-state index contributed by atoms with van der Waals surface area (Å²) in [7, 11) is 0. The third-order valence-corrected chi connectivity index (χ3v) is 14.4. The van der Waals surface area contributed by atoms with E-state index in [1.165, 1.54) is 33.2 Å². The summed E-state index contributed by atoms with van der Waals surface area (Å²) in [5.41, 5.74) is 17.1. The quantitative estimate of drug-likeness (QED) is 0.101. The van der Waals surface area contributed by atoms with Crippen molar-refractivity contribution in [2.45, 2.75) is 85.0 Å². The van der Waals surface area contributed by atoms with Crippen LogP contribution in [0.15, 0.2) is 200 Å². The maximum atomic E-state index is 6.86. The third kappa shape index (κ3) is 8.68. The normalized spacial score (nSPS) is 12.3. The summed E-state index contributed by atoms with van der Waals surface area (Å²) in [4.78, 5) is 4.98. The minimum Gasteiger partial charge on any atom is -0.458 e. The summed E-state index contributed by atoms with van der Waals surface area (Å²) >= 11 is 0. The van der Waals surface area contributed by atoms with Crippen LogP contribution in [0.4, 0.5) is 0 Å². The van der Waals surface area contributed by atoms with Crippen LogP contribution in [0, 0.1) is 13.3 Å². The van der Waals surface area contributed by atoms with Crippen LogP contribution in [0.2, 0.25) is 0 Å². The van der Waals surface area contributed by atoms with Gasteiger partial charge in [-0.25, -0.2) is 4.98 Å². The summed E-state index contributed by atoms with van der Waals surface area (Å²) in [6.45, 7) is 20.7. The Morgan fingerprint density at radius 2 is 1.14 bits per heavy atom. The van der Waals surface area contributed by atoms with Crippen LogP contribution < -0.4 is 9.30 Å². The van der Waals surface area contributed by atoms with Crippen molar-refractivity contribution in [1.29, 1.82) is 0 Å². The van der Waals surface area contributed by atoms with E-state index in [0.29, 0.717) is 0 Å². The number of benzene rings is 8. The molecule has 3 heterocycles. The Labute approximate surface area is 424 Å². The molecule has 5 heteroatoms. The molecule has 0 saturated carbocycles. The molecule has 11 aromatic rings. The van der Waals surface area contributed by atoms with Gasteiger partial charge in [0.25, 0.3) is 6.33 Å². The van der Waals surface area contributed by atoms with Crippen LogP contribution >= 0.6 is 0 Å². The van der Waals surface area contributed by atoms with Gasteiger partial charge >= 0.3 is 0 Å². The molecule has 0 atom stereocenters. The Morgan fingerprint density at radius 3 is 1.88 bits per heavy atom. The van der Waals surface area contributed by atoms with Crippen molar-refractivity contribution >= 4 is 32.8 Å². The number of hydrogen-bond acceptors (Lipinski definition) is 2. The van der Waals surface area contributed by atoms with Crippen molar-refractivity contribution in [3.05, 3.63) is 234 Å². The van der Waals surface area contributed by atoms with Crippen LogP contribution in [0.3, 0.4) is 0 Å². The maximum Gasteiger partial charge on any atom is 0.269 e. The zero-order valence-corrected chi connectivity index (χ0v) is 43.0. The second-order valence-corrected chi connectivity index (χ2v) is 22.2. The monoisotopic (exact) mass is 938 g/mol. The molecule has 72 heavy (non-hydrogen) atoms.